The largest absolute Gasteiger partial charge is 0.333 e. The van der Waals surface area contributed by atoms with E-state index >= 15 is 4.39 Å². The maximum absolute atomic E-state index is 15.5. The zero-order chi connectivity index (χ0) is 41.9. The average molecular weight is 1020 g/mol. The first-order valence-corrected chi connectivity index (χ1v) is 24.6. The Morgan fingerprint density at radius 1 is 0.770 bits per heavy atom. The predicted octanol–water partition coefficient (Wildman–Crippen LogP) is 13.7. The van der Waals surface area contributed by atoms with Crippen molar-refractivity contribution in [1.82, 2.24) is 19.5 Å². The summed E-state index contributed by atoms with van der Waals surface area (Å²) in [5.41, 5.74) is 10.1. The molecular formula is C52H44F2IrN4SSi-2. The van der Waals surface area contributed by atoms with E-state index in [0.717, 1.165) is 56.3 Å². The molecule has 0 bridgehead atoms. The minimum Gasteiger partial charge on any atom is -0.333 e. The van der Waals surface area contributed by atoms with Gasteiger partial charge in [0.15, 0.2) is 0 Å². The number of hydrogen-bond acceptors (Lipinski definition) is 4. The Labute approximate surface area is 373 Å². The Morgan fingerprint density at radius 3 is 2.21 bits per heavy atom. The monoisotopic (exact) mass is 1020 g/mol. The average Bonchev–Trinajstić information content (AvgIpc) is 3.77. The molecule has 0 saturated heterocycles. The molecule has 0 aliphatic carbocycles. The summed E-state index contributed by atoms with van der Waals surface area (Å²) in [5, 5.41) is 5.46. The third-order valence-electron chi connectivity index (χ3n) is 11.1. The van der Waals surface area contributed by atoms with Crippen molar-refractivity contribution in [1.29, 1.82) is 0 Å². The second kappa shape index (κ2) is 16.8. The molecule has 0 fully saturated rings. The second-order valence-corrected chi connectivity index (χ2v) is 23.1. The number of hydrogen-bond donors (Lipinski definition) is 0. The summed E-state index contributed by atoms with van der Waals surface area (Å²) in [4.78, 5) is 15.3. The van der Waals surface area contributed by atoms with Gasteiger partial charge >= 0.3 is 0 Å². The van der Waals surface area contributed by atoms with Crippen LogP contribution in [0.3, 0.4) is 0 Å². The fraction of sp³-hybridized carbons (Fsp3) is 0.173. The SMILES string of the molecule is CC(C)Cc1cc(-c2[c-]cccc2)ncc1[Si](C)(C)C.Cc1cccc(C)c1-n1c(-c2[c-]cc(F)c3c2sc2nc4ccc(F)cc4cc23)nc2cc3ccccc3cc21.[Ir]. The van der Waals surface area contributed by atoms with Crippen molar-refractivity contribution in [3.8, 4) is 28.3 Å². The molecule has 4 heterocycles. The molecule has 0 aliphatic rings. The number of thiophene rings is 1. The summed E-state index contributed by atoms with van der Waals surface area (Å²) in [6, 6.07) is 43.3. The van der Waals surface area contributed by atoms with Crippen molar-refractivity contribution >= 4 is 77.6 Å². The molecule has 0 saturated carbocycles. The quantitative estimate of drug-likeness (QED) is 0.123. The smallest absolute Gasteiger partial charge is 0.123 e. The van der Waals surface area contributed by atoms with Crippen LogP contribution in [0.1, 0.15) is 30.5 Å². The normalized spacial score (nSPS) is 11.8. The van der Waals surface area contributed by atoms with Crippen molar-refractivity contribution in [2.75, 3.05) is 0 Å². The summed E-state index contributed by atoms with van der Waals surface area (Å²) in [6.07, 6.45) is 3.24. The van der Waals surface area contributed by atoms with Crippen LogP contribution in [0.4, 0.5) is 8.78 Å². The number of nitrogens with zero attached hydrogens (tertiary/aromatic N) is 4. The van der Waals surface area contributed by atoms with Crippen LogP contribution in [-0.4, -0.2) is 27.6 Å². The number of aromatic nitrogens is 4. The number of halogens is 2. The third-order valence-corrected chi connectivity index (χ3v) is 14.2. The second-order valence-electron chi connectivity index (χ2n) is 17.0. The van der Waals surface area contributed by atoms with Gasteiger partial charge in [0.05, 0.1) is 30.4 Å². The molecule has 6 aromatic carbocycles. The van der Waals surface area contributed by atoms with E-state index in [9.17, 15) is 4.39 Å². The number of fused-ring (bicyclic) bond motifs is 6. The van der Waals surface area contributed by atoms with Gasteiger partial charge in [-0.3, -0.25) is 9.37 Å². The molecule has 9 heteroatoms. The molecule has 10 aromatic rings. The van der Waals surface area contributed by atoms with E-state index in [-0.39, 0.29) is 31.7 Å². The van der Waals surface area contributed by atoms with Gasteiger partial charge < -0.3 is 9.55 Å². The first kappa shape index (κ1) is 42.3. The van der Waals surface area contributed by atoms with Gasteiger partial charge in [0.2, 0.25) is 0 Å². The maximum atomic E-state index is 15.5. The standard InChI is InChI=1S/C34H20F2N3S.C18H24NSi.Ir/c1-18-6-5-7-19(2)31(18)39-29-17-21-9-4-3-8-20(21)16-28(29)37-33(39)24-11-12-26(36)30-25-15-22-14-23(35)10-13-27(22)38-34(25)40-32(24)30;1-14(2)11-16-12-17(15-9-7-6-8-10-15)19-13-18(16)20(3,4)5;/h3-10,12-17H,1-2H3;6-9,12-14H,11H2,1-5H3;/q2*-1;. The molecule has 4 aromatic heterocycles. The fourth-order valence-corrected chi connectivity index (χ4v) is 11.1. The number of imidazole rings is 1. The van der Waals surface area contributed by atoms with Crippen LogP contribution in [0.2, 0.25) is 19.6 Å². The first-order valence-electron chi connectivity index (χ1n) is 20.3. The van der Waals surface area contributed by atoms with Crippen molar-refractivity contribution in [2.45, 2.75) is 53.8 Å². The van der Waals surface area contributed by atoms with Gasteiger partial charge in [-0.2, -0.15) is 11.3 Å². The Bertz CT molecular complexity index is 3240. The van der Waals surface area contributed by atoms with Crippen molar-refractivity contribution in [3.05, 3.63) is 162 Å². The molecule has 0 unspecified atom stereocenters. The Kier molecular flexibility index (Phi) is 11.6. The Balaban J connectivity index is 0.000000208. The van der Waals surface area contributed by atoms with Crippen LogP contribution in [0.15, 0.2) is 121 Å². The minimum absolute atomic E-state index is 0. The Hall–Kier alpha value is -5.44. The number of rotatable bonds is 6. The molecule has 61 heavy (non-hydrogen) atoms. The molecule has 0 aliphatic heterocycles. The van der Waals surface area contributed by atoms with Crippen LogP contribution >= 0.6 is 11.3 Å². The van der Waals surface area contributed by atoms with E-state index < -0.39 is 8.07 Å². The first-order chi connectivity index (χ1) is 28.8. The minimum atomic E-state index is -1.34. The van der Waals surface area contributed by atoms with E-state index in [2.05, 4.69) is 130 Å². The van der Waals surface area contributed by atoms with Crippen molar-refractivity contribution < 1.29 is 28.9 Å². The van der Waals surface area contributed by atoms with Gasteiger partial charge in [-0.1, -0.05) is 93.1 Å². The third kappa shape index (κ3) is 8.08. The number of aryl methyl sites for hydroxylation is 2. The summed E-state index contributed by atoms with van der Waals surface area (Å²) >= 11 is 1.41. The van der Waals surface area contributed by atoms with Crippen molar-refractivity contribution in [2.24, 2.45) is 5.92 Å². The van der Waals surface area contributed by atoms with E-state index in [1.54, 1.807) is 6.07 Å². The molecule has 0 spiro atoms. The maximum Gasteiger partial charge on any atom is 0.123 e. The summed E-state index contributed by atoms with van der Waals surface area (Å²) in [6.45, 7) is 15.9. The van der Waals surface area contributed by atoms with Crippen LogP contribution < -0.4 is 5.19 Å². The van der Waals surface area contributed by atoms with Gasteiger partial charge in [0.1, 0.15) is 10.6 Å². The topological polar surface area (TPSA) is 43.6 Å². The van der Waals surface area contributed by atoms with Crippen LogP contribution in [0.5, 0.6) is 0 Å². The molecule has 0 atom stereocenters. The van der Waals surface area contributed by atoms with Gasteiger partial charge in [-0.15, -0.1) is 48.0 Å². The van der Waals surface area contributed by atoms with Gasteiger partial charge in [-0.25, -0.2) is 9.37 Å². The van der Waals surface area contributed by atoms with E-state index in [4.69, 9.17) is 9.97 Å². The van der Waals surface area contributed by atoms with Crippen molar-refractivity contribution in [3.63, 3.8) is 0 Å². The van der Waals surface area contributed by atoms with Gasteiger partial charge in [-0.05, 0) is 105 Å². The number of benzene rings is 6. The Morgan fingerprint density at radius 2 is 1.51 bits per heavy atom. The molecule has 0 N–H and O–H groups in total. The van der Waals surface area contributed by atoms with Gasteiger partial charge in [0, 0.05) is 48.6 Å². The van der Waals surface area contributed by atoms with Gasteiger partial charge in [0.25, 0.3) is 0 Å². The summed E-state index contributed by atoms with van der Waals surface area (Å²) in [5.74, 6) is 0.621. The zero-order valence-electron chi connectivity index (χ0n) is 35.1. The summed E-state index contributed by atoms with van der Waals surface area (Å²) in [7, 11) is -1.34. The molecule has 1 radical (unpaired) electrons. The van der Waals surface area contributed by atoms with Crippen LogP contribution in [0, 0.1) is 43.5 Å². The van der Waals surface area contributed by atoms with E-state index in [0.29, 0.717) is 48.5 Å². The van der Waals surface area contributed by atoms with E-state index in [1.165, 1.54) is 40.3 Å². The fourth-order valence-electron chi connectivity index (χ4n) is 8.31. The molecule has 10 rings (SSSR count). The van der Waals surface area contributed by atoms with Crippen LogP contribution in [0.25, 0.3) is 81.3 Å². The number of para-hydroxylation sites is 1. The molecule has 0 amide bonds. The van der Waals surface area contributed by atoms with Crippen LogP contribution in [-0.2, 0) is 26.5 Å². The molecule has 307 valence electrons. The summed E-state index contributed by atoms with van der Waals surface area (Å²) < 4.78 is 32.4. The molecular weight excluding hydrogens is 971 g/mol. The number of pyridine rings is 2. The molecule has 4 nitrogen and oxygen atoms in total. The predicted molar refractivity (Wildman–Crippen MR) is 250 cm³/mol. The zero-order valence-corrected chi connectivity index (χ0v) is 39.3. The van der Waals surface area contributed by atoms with E-state index in [1.807, 2.05) is 36.4 Å².